The van der Waals surface area contributed by atoms with Crippen LogP contribution in [0.1, 0.15) is 41.7 Å². The van der Waals surface area contributed by atoms with Crippen LogP contribution in [0.4, 0.5) is 0 Å². The lowest BCUT2D eigenvalue weighted by Crippen LogP contribution is -2.44. The van der Waals surface area contributed by atoms with Crippen LogP contribution in [0.5, 0.6) is 0 Å². The standard InChI is InChI=1S/C21H25N5O2/c1-15-18(14-23-19(24-15)17-5-4-8-22-13-17)21(28)26-11-6-16(7-12-26)20(27)25-9-2-3-10-25/h4-5,8,13-14,16H,2-3,6-7,9-12H2,1H3. The summed E-state index contributed by atoms with van der Waals surface area (Å²) in [6.45, 7) is 4.81. The number of hydrogen-bond acceptors (Lipinski definition) is 5. The second kappa shape index (κ2) is 8.04. The van der Waals surface area contributed by atoms with Gasteiger partial charge in [-0.2, -0.15) is 0 Å². The van der Waals surface area contributed by atoms with Crippen LogP contribution in [0.15, 0.2) is 30.7 Å². The molecular formula is C21H25N5O2. The van der Waals surface area contributed by atoms with Crippen LogP contribution >= 0.6 is 0 Å². The molecule has 4 rings (SSSR count). The zero-order valence-corrected chi connectivity index (χ0v) is 16.2. The molecular weight excluding hydrogens is 354 g/mol. The molecule has 4 heterocycles. The predicted octanol–water partition coefficient (Wildman–Crippen LogP) is 2.32. The predicted molar refractivity (Wildman–Crippen MR) is 104 cm³/mol. The molecule has 146 valence electrons. The number of piperidine rings is 1. The molecule has 0 radical (unpaired) electrons. The van der Waals surface area contributed by atoms with E-state index < -0.39 is 0 Å². The second-order valence-corrected chi connectivity index (χ2v) is 7.53. The van der Waals surface area contributed by atoms with E-state index >= 15 is 0 Å². The van der Waals surface area contributed by atoms with E-state index in [1.807, 2.05) is 28.9 Å². The molecule has 0 saturated carbocycles. The van der Waals surface area contributed by atoms with Crippen LogP contribution in [0.3, 0.4) is 0 Å². The van der Waals surface area contributed by atoms with E-state index in [9.17, 15) is 9.59 Å². The van der Waals surface area contributed by atoms with Crippen molar-refractivity contribution in [3.8, 4) is 11.4 Å². The number of carbonyl (C=O) groups is 2. The molecule has 0 atom stereocenters. The summed E-state index contributed by atoms with van der Waals surface area (Å²) >= 11 is 0. The van der Waals surface area contributed by atoms with Crippen molar-refractivity contribution in [3.63, 3.8) is 0 Å². The molecule has 2 amide bonds. The van der Waals surface area contributed by atoms with Gasteiger partial charge in [-0.25, -0.2) is 9.97 Å². The summed E-state index contributed by atoms with van der Waals surface area (Å²) in [5.74, 6) is 0.830. The van der Waals surface area contributed by atoms with Crippen molar-refractivity contribution in [1.82, 2.24) is 24.8 Å². The van der Waals surface area contributed by atoms with Gasteiger partial charge in [-0.15, -0.1) is 0 Å². The number of carbonyl (C=O) groups excluding carboxylic acids is 2. The molecule has 0 unspecified atom stereocenters. The van der Waals surface area contributed by atoms with Gasteiger partial charge >= 0.3 is 0 Å². The van der Waals surface area contributed by atoms with Gasteiger partial charge in [-0.1, -0.05) is 0 Å². The minimum atomic E-state index is -0.0534. The first-order chi connectivity index (χ1) is 13.6. The number of amides is 2. The fourth-order valence-electron chi connectivity index (χ4n) is 4.01. The average Bonchev–Trinajstić information content (AvgIpc) is 3.28. The van der Waals surface area contributed by atoms with Gasteiger partial charge in [0.2, 0.25) is 5.91 Å². The van der Waals surface area contributed by atoms with Gasteiger partial charge in [0.25, 0.3) is 5.91 Å². The first-order valence-corrected chi connectivity index (χ1v) is 9.95. The lowest BCUT2D eigenvalue weighted by Gasteiger charge is -2.33. The summed E-state index contributed by atoms with van der Waals surface area (Å²) in [5, 5.41) is 0. The Morgan fingerprint density at radius 3 is 2.43 bits per heavy atom. The average molecular weight is 379 g/mol. The molecule has 0 bridgehead atoms. The smallest absolute Gasteiger partial charge is 0.257 e. The van der Waals surface area contributed by atoms with Gasteiger partial charge in [0.1, 0.15) is 0 Å². The molecule has 7 heteroatoms. The second-order valence-electron chi connectivity index (χ2n) is 7.53. The largest absolute Gasteiger partial charge is 0.342 e. The van der Waals surface area contributed by atoms with Gasteiger partial charge in [-0.05, 0) is 44.7 Å². The molecule has 2 aromatic heterocycles. The maximum Gasteiger partial charge on any atom is 0.257 e. The van der Waals surface area contributed by atoms with Crippen LogP contribution in [0.2, 0.25) is 0 Å². The molecule has 2 aromatic rings. The van der Waals surface area contributed by atoms with E-state index in [4.69, 9.17) is 0 Å². The van der Waals surface area contributed by atoms with Gasteiger partial charge in [0, 0.05) is 56.3 Å². The Morgan fingerprint density at radius 2 is 1.79 bits per heavy atom. The van der Waals surface area contributed by atoms with Crippen molar-refractivity contribution in [1.29, 1.82) is 0 Å². The third kappa shape index (κ3) is 3.74. The number of likely N-dealkylation sites (tertiary alicyclic amines) is 2. The Hall–Kier alpha value is -2.83. The van der Waals surface area contributed by atoms with Crippen molar-refractivity contribution < 1.29 is 9.59 Å². The fraction of sp³-hybridized carbons (Fsp3) is 0.476. The van der Waals surface area contributed by atoms with Crippen LogP contribution in [0.25, 0.3) is 11.4 Å². The highest BCUT2D eigenvalue weighted by Gasteiger charge is 2.32. The first kappa shape index (κ1) is 18.5. The summed E-state index contributed by atoms with van der Waals surface area (Å²) in [4.78, 5) is 42.3. The molecule has 0 spiro atoms. The highest BCUT2D eigenvalue weighted by molar-refractivity contribution is 5.95. The summed E-state index contributed by atoms with van der Waals surface area (Å²) in [6.07, 6.45) is 8.69. The molecule has 2 aliphatic heterocycles. The van der Waals surface area contributed by atoms with Crippen LogP contribution < -0.4 is 0 Å². The SMILES string of the molecule is Cc1nc(-c2cccnc2)ncc1C(=O)N1CCC(C(=O)N2CCCC2)CC1. The van der Waals surface area contributed by atoms with Crippen LogP contribution in [-0.2, 0) is 4.79 Å². The van der Waals surface area contributed by atoms with Crippen LogP contribution in [-0.4, -0.2) is 62.7 Å². The van der Waals surface area contributed by atoms with E-state index in [1.165, 1.54) is 0 Å². The Labute approximate surface area is 164 Å². The number of aryl methyl sites for hydroxylation is 1. The van der Waals surface area contributed by atoms with Gasteiger partial charge in [-0.3, -0.25) is 14.6 Å². The normalized spacial score (nSPS) is 17.8. The topological polar surface area (TPSA) is 79.3 Å². The first-order valence-electron chi connectivity index (χ1n) is 9.95. The fourth-order valence-corrected chi connectivity index (χ4v) is 4.01. The Morgan fingerprint density at radius 1 is 1.04 bits per heavy atom. The van der Waals surface area contributed by atoms with Crippen molar-refractivity contribution in [3.05, 3.63) is 42.0 Å². The van der Waals surface area contributed by atoms with E-state index in [1.54, 1.807) is 18.6 Å². The van der Waals surface area contributed by atoms with E-state index in [0.29, 0.717) is 30.2 Å². The number of nitrogens with zero attached hydrogens (tertiary/aromatic N) is 5. The minimum absolute atomic E-state index is 0.0486. The maximum atomic E-state index is 12.9. The quantitative estimate of drug-likeness (QED) is 0.818. The Bertz CT molecular complexity index is 856. The molecule has 2 fully saturated rings. The van der Waals surface area contributed by atoms with Crippen molar-refractivity contribution in [2.24, 2.45) is 5.92 Å². The lowest BCUT2D eigenvalue weighted by molar-refractivity contribution is -0.135. The van der Waals surface area contributed by atoms with Crippen LogP contribution in [0, 0.1) is 12.8 Å². The maximum absolute atomic E-state index is 12.9. The third-order valence-corrected chi connectivity index (χ3v) is 5.68. The summed E-state index contributed by atoms with van der Waals surface area (Å²) in [7, 11) is 0. The molecule has 2 saturated heterocycles. The van der Waals surface area contributed by atoms with E-state index in [2.05, 4.69) is 15.0 Å². The Balaban J connectivity index is 1.40. The zero-order chi connectivity index (χ0) is 19.5. The lowest BCUT2D eigenvalue weighted by atomic mass is 9.95. The number of rotatable bonds is 3. The highest BCUT2D eigenvalue weighted by atomic mass is 16.2. The Kier molecular flexibility index (Phi) is 5.32. The van der Waals surface area contributed by atoms with Gasteiger partial charge in [0.05, 0.1) is 11.3 Å². The minimum Gasteiger partial charge on any atom is -0.342 e. The molecule has 0 aromatic carbocycles. The summed E-state index contributed by atoms with van der Waals surface area (Å²) in [5.41, 5.74) is 2.01. The molecule has 28 heavy (non-hydrogen) atoms. The number of pyridine rings is 1. The third-order valence-electron chi connectivity index (χ3n) is 5.68. The summed E-state index contributed by atoms with van der Waals surface area (Å²) in [6, 6.07) is 3.73. The molecule has 7 nitrogen and oxygen atoms in total. The highest BCUT2D eigenvalue weighted by Crippen LogP contribution is 2.24. The van der Waals surface area contributed by atoms with Crippen molar-refractivity contribution in [2.75, 3.05) is 26.2 Å². The number of aromatic nitrogens is 3. The van der Waals surface area contributed by atoms with E-state index in [-0.39, 0.29) is 17.7 Å². The van der Waals surface area contributed by atoms with E-state index in [0.717, 1.165) is 44.3 Å². The molecule has 2 aliphatic rings. The number of hydrogen-bond donors (Lipinski definition) is 0. The molecule has 0 N–H and O–H groups in total. The monoisotopic (exact) mass is 379 g/mol. The zero-order valence-electron chi connectivity index (χ0n) is 16.2. The molecule has 0 aliphatic carbocycles. The summed E-state index contributed by atoms with van der Waals surface area (Å²) < 4.78 is 0. The van der Waals surface area contributed by atoms with Crippen molar-refractivity contribution >= 4 is 11.8 Å². The van der Waals surface area contributed by atoms with Gasteiger partial charge < -0.3 is 9.80 Å². The van der Waals surface area contributed by atoms with Crippen molar-refractivity contribution in [2.45, 2.75) is 32.6 Å². The van der Waals surface area contributed by atoms with Gasteiger partial charge in [0.15, 0.2) is 5.82 Å².